The van der Waals surface area contributed by atoms with E-state index in [0.717, 1.165) is 0 Å². The largest absolute Gasteiger partial charge is 0.481 e. The highest BCUT2D eigenvalue weighted by molar-refractivity contribution is 5.90. The van der Waals surface area contributed by atoms with E-state index in [-0.39, 0.29) is 49.9 Å². The van der Waals surface area contributed by atoms with E-state index < -0.39 is 48.9 Å². The summed E-state index contributed by atoms with van der Waals surface area (Å²) in [6.07, 6.45) is -1.31. The minimum absolute atomic E-state index is 0.0780. The molecule has 0 aromatic carbocycles. The van der Waals surface area contributed by atoms with E-state index in [2.05, 4.69) is 0 Å². The predicted molar refractivity (Wildman–Crippen MR) is 95.5 cm³/mol. The number of carboxylic acids is 3. The van der Waals surface area contributed by atoms with Crippen LogP contribution in [0.2, 0.25) is 0 Å². The fourth-order valence-corrected chi connectivity index (χ4v) is 2.37. The average Bonchev–Trinajstić information content (AvgIpc) is 2.64. The maximum Gasteiger partial charge on any atom is 0.333 e. The van der Waals surface area contributed by atoms with Crippen molar-refractivity contribution in [2.24, 2.45) is 5.41 Å². The van der Waals surface area contributed by atoms with Gasteiger partial charge >= 0.3 is 23.9 Å². The number of hydrogen-bond donors (Lipinski definition) is 5. The molecular weight excluding hydrogens is 376 g/mol. The molecule has 0 radical (unpaired) electrons. The smallest absolute Gasteiger partial charge is 0.333 e. The zero-order chi connectivity index (χ0) is 21.7. The van der Waals surface area contributed by atoms with Crippen molar-refractivity contribution in [3.63, 3.8) is 0 Å². The maximum atomic E-state index is 12.5. The van der Waals surface area contributed by atoms with Crippen LogP contribution in [0.3, 0.4) is 0 Å². The Morgan fingerprint density at radius 2 is 1.18 bits per heavy atom. The van der Waals surface area contributed by atoms with Crippen molar-refractivity contribution in [1.82, 2.24) is 0 Å². The molecule has 0 atom stereocenters. The van der Waals surface area contributed by atoms with Crippen LogP contribution in [-0.4, -0.2) is 69.2 Å². The van der Waals surface area contributed by atoms with E-state index in [0.29, 0.717) is 6.42 Å². The third-order valence-electron chi connectivity index (χ3n) is 4.47. The van der Waals surface area contributed by atoms with Crippen molar-refractivity contribution >= 4 is 23.9 Å². The summed E-state index contributed by atoms with van der Waals surface area (Å²) in [5.41, 5.74) is -0.924. The summed E-state index contributed by atoms with van der Waals surface area (Å²) in [6, 6.07) is 0. The monoisotopic (exact) mass is 404 g/mol. The lowest BCUT2D eigenvalue weighted by Gasteiger charge is -2.28. The number of aliphatic hydroxyl groups excluding tert-OH is 2. The van der Waals surface area contributed by atoms with Gasteiger partial charge < -0.3 is 30.3 Å². The fraction of sp³-hybridized carbons (Fsp3) is 0.667. The van der Waals surface area contributed by atoms with Crippen LogP contribution < -0.4 is 0 Å². The first-order valence-corrected chi connectivity index (χ1v) is 8.86. The average molecular weight is 404 g/mol. The van der Waals surface area contributed by atoms with E-state index in [4.69, 9.17) is 20.1 Å². The molecular formula is C18H28O10. The Morgan fingerprint density at radius 3 is 1.54 bits per heavy atom. The lowest BCUT2D eigenvalue weighted by molar-refractivity contribution is -0.146. The number of rotatable bonds is 15. The van der Waals surface area contributed by atoms with Crippen molar-refractivity contribution in [2.75, 3.05) is 19.8 Å². The van der Waals surface area contributed by atoms with E-state index >= 15 is 0 Å². The number of carbonyl (C=O) groups excluding carboxylic acids is 1. The second-order valence-electron chi connectivity index (χ2n) is 6.51. The van der Waals surface area contributed by atoms with E-state index in [9.17, 15) is 29.4 Å². The van der Waals surface area contributed by atoms with E-state index in [1.54, 1.807) is 6.92 Å². The maximum absolute atomic E-state index is 12.5. The van der Waals surface area contributed by atoms with Crippen LogP contribution in [0.4, 0.5) is 0 Å². The Morgan fingerprint density at radius 1 is 0.750 bits per heavy atom. The molecule has 0 heterocycles. The number of aliphatic hydroxyl groups is 2. The molecule has 0 aromatic rings. The SMILES string of the molecule is CCC(CO)(CO)COC(=O)C(CCC(=O)O)=C(CCC(=O)O)CCC(=O)O. The summed E-state index contributed by atoms with van der Waals surface area (Å²) in [5.74, 6) is -4.39. The Balaban J connectivity index is 5.66. The molecule has 0 aliphatic carbocycles. The molecule has 0 amide bonds. The number of hydrogen-bond acceptors (Lipinski definition) is 7. The van der Waals surface area contributed by atoms with Gasteiger partial charge in [0.25, 0.3) is 0 Å². The van der Waals surface area contributed by atoms with Gasteiger partial charge in [-0.15, -0.1) is 0 Å². The molecule has 5 N–H and O–H groups in total. The first-order valence-electron chi connectivity index (χ1n) is 8.86. The van der Waals surface area contributed by atoms with Gasteiger partial charge in [-0.3, -0.25) is 14.4 Å². The van der Waals surface area contributed by atoms with Crippen molar-refractivity contribution in [1.29, 1.82) is 0 Å². The van der Waals surface area contributed by atoms with Crippen molar-refractivity contribution < 1.29 is 49.4 Å². The van der Waals surface area contributed by atoms with Gasteiger partial charge in [0.1, 0.15) is 6.61 Å². The van der Waals surface area contributed by atoms with Gasteiger partial charge in [0.05, 0.1) is 18.6 Å². The van der Waals surface area contributed by atoms with Crippen LogP contribution in [0.15, 0.2) is 11.1 Å². The fourth-order valence-electron chi connectivity index (χ4n) is 2.37. The summed E-state index contributed by atoms with van der Waals surface area (Å²) in [7, 11) is 0. The zero-order valence-corrected chi connectivity index (χ0v) is 15.8. The lowest BCUT2D eigenvalue weighted by Crippen LogP contribution is -2.35. The van der Waals surface area contributed by atoms with E-state index in [1.165, 1.54) is 0 Å². The highest BCUT2D eigenvalue weighted by Crippen LogP contribution is 2.25. The quantitative estimate of drug-likeness (QED) is 0.194. The molecule has 28 heavy (non-hydrogen) atoms. The van der Waals surface area contributed by atoms with Gasteiger partial charge in [-0.2, -0.15) is 0 Å². The second kappa shape index (κ2) is 12.8. The van der Waals surface area contributed by atoms with Crippen LogP contribution >= 0.6 is 0 Å². The molecule has 0 bridgehead atoms. The van der Waals surface area contributed by atoms with Crippen LogP contribution in [0, 0.1) is 5.41 Å². The van der Waals surface area contributed by atoms with Crippen LogP contribution in [0.1, 0.15) is 51.9 Å². The van der Waals surface area contributed by atoms with Crippen molar-refractivity contribution in [3.8, 4) is 0 Å². The standard InChI is InChI=1S/C18H28O10/c1-2-18(9-19,10-20)11-28-17(27)13(5-8-16(25)26)12(3-6-14(21)22)4-7-15(23)24/h19-20H,2-11H2,1H3,(H,21,22)(H,23,24)(H,25,26). The summed E-state index contributed by atoms with van der Waals surface area (Å²) in [4.78, 5) is 45.2. The molecule has 10 nitrogen and oxygen atoms in total. The summed E-state index contributed by atoms with van der Waals surface area (Å²) in [6.45, 7) is 0.488. The Bertz CT molecular complexity index is 561. The van der Waals surface area contributed by atoms with E-state index in [1.807, 2.05) is 0 Å². The molecule has 0 aromatic heterocycles. The van der Waals surface area contributed by atoms with Crippen LogP contribution in [-0.2, 0) is 23.9 Å². The molecule has 0 saturated heterocycles. The van der Waals surface area contributed by atoms with Gasteiger partial charge in [0.2, 0.25) is 0 Å². The topological polar surface area (TPSA) is 179 Å². The van der Waals surface area contributed by atoms with Crippen molar-refractivity contribution in [3.05, 3.63) is 11.1 Å². The van der Waals surface area contributed by atoms with Gasteiger partial charge in [0.15, 0.2) is 0 Å². The third kappa shape index (κ3) is 9.47. The number of esters is 1. The predicted octanol–water partition coefficient (Wildman–Crippen LogP) is 0.802. The molecule has 0 aliphatic heterocycles. The highest BCUT2D eigenvalue weighted by atomic mass is 16.5. The minimum Gasteiger partial charge on any atom is -0.481 e. The Kier molecular flexibility index (Phi) is 11.7. The molecule has 10 heteroatoms. The summed E-state index contributed by atoms with van der Waals surface area (Å²) < 4.78 is 5.16. The normalized spacial score (nSPS) is 11.0. The summed E-state index contributed by atoms with van der Waals surface area (Å²) >= 11 is 0. The Hall–Kier alpha value is -2.46. The number of aliphatic carboxylic acids is 3. The van der Waals surface area contributed by atoms with Gasteiger partial charge in [-0.05, 0) is 25.7 Å². The number of allylic oxidation sites excluding steroid dienone is 1. The molecule has 0 rings (SSSR count). The van der Waals surface area contributed by atoms with Gasteiger partial charge in [-0.1, -0.05) is 12.5 Å². The third-order valence-corrected chi connectivity index (χ3v) is 4.47. The molecule has 0 unspecified atom stereocenters. The second-order valence-corrected chi connectivity index (χ2v) is 6.51. The van der Waals surface area contributed by atoms with Crippen LogP contribution in [0.5, 0.6) is 0 Å². The summed E-state index contributed by atoms with van der Waals surface area (Å²) in [5, 5.41) is 45.5. The molecule has 0 aliphatic rings. The number of carbonyl (C=O) groups is 4. The van der Waals surface area contributed by atoms with Gasteiger partial charge in [-0.25, -0.2) is 4.79 Å². The lowest BCUT2D eigenvalue weighted by atomic mass is 9.88. The highest BCUT2D eigenvalue weighted by Gasteiger charge is 2.30. The minimum atomic E-state index is -1.19. The first-order chi connectivity index (χ1) is 13.1. The first kappa shape index (κ1) is 25.5. The van der Waals surface area contributed by atoms with Crippen molar-refractivity contribution in [2.45, 2.75) is 51.9 Å². The van der Waals surface area contributed by atoms with Crippen LogP contribution in [0.25, 0.3) is 0 Å². The molecule has 0 saturated carbocycles. The number of carboxylic acid groups (broad SMARTS) is 3. The molecule has 0 fully saturated rings. The van der Waals surface area contributed by atoms with Gasteiger partial charge in [0, 0.05) is 24.8 Å². The Labute approximate surface area is 162 Å². The molecule has 160 valence electrons. The number of ether oxygens (including phenoxy) is 1. The zero-order valence-electron chi connectivity index (χ0n) is 15.8. The molecule has 0 spiro atoms.